The lowest BCUT2D eigenvalue weighted by Gasteiger charge is -2.35. The summed E-state index contributed by atoms with van der Waals surface area (Å²) in [5.41, 5.74) is 2.99. The Morgan fingerprint density at radius 2 is 1.67 bits per heavy atom. The van der Waals surface area contributed by atoms with Crippen molar-refractivity contribution in [3.63, 3.8) is 0 Å². The number of halogens is 1. The topological polar surface area (TPSA) is 23.6 Å². The molecule has 4 heteroatoms. The van der Waals surface area contributed by atoms with Crippen molar-refractivity contribution in [2.45, 2.75) is 6.42 Å². The number of piperazine rings is 1. The Morgan fingerprint density at radius 3 is 2.38 bits per heavy atom. The van der Waals surface area contributed by atoms with Crippen molar-refractivity contribution in [3.05, 3.63) is 77.2 Å². The third-order valence-electron chi connectivity index (χ3n) is 4.80. The number of nitrogens with zero attached hydrogens (tertiary/aromatic N) is 2. The van der Waals surface area contributed by atoms with Gasteiger partial charge in [0, 0.05) is 61.2 Å². The molecule has 122 valence electrons. The maximum Gasteiger partial charge on any atom is 0.191 e. The Hall–Kier alpha value is -2.62. The van der Waals surface area contributed by atoms with Gasteiger partial charge in [-0.2, -0.15) is 0 Å². The predicted molar refractivity (Wildman–Crippen MR) is 92.7 cm³/mol. The van der Waals surface area contributed by atoms with Crippen molar-refractivity contribution in [1.82, 2.24) is 4.90 Å². The van der Waals surface area contributed by atoms with Crippen LogP contribution in [0.25, 0.3) is 0 Å². The van der Waals surface area contributed by atoms with E-state index in [0.29, 0.717) is 23.1 Å². The quantitative estimate of drug-likeness (QED) is 0.793. The van der Waals surface area contributed by atoms with Gasteiger partial charge in [-0.25, -0.2) is 4.39 Å². The number of carbonyl (C=O) groups excluding carboxylic acids is 1. The van der Waals surface area contributed by atoms with Gasteiger partial charge in [-0.05, 0) is 18.2 Å². The molecule has 2 aromatic rings. The van der Waals surface area contributed by atoms with Crippen LogP contribution in [0.15, 0.2) is 60.3 Å². The van der Waals surface area contributed by atoms with Gasteiger partial charge in [-0.3, -0.25) is 4.79 Å². The molecule has 0 spiro atoms. The molecule has 4 rings (SSSR count). The zero-order valence-electron chi connectivity index (χ0n) is 13.4. The minimum absolute atomic E-state index is 0.0324. The number of anilines is 1. The van der Waals surface area contributed by atoms with E-state index in [2.05, 4.69) is 21.9 Å². The molecular formula is C20H19FN2O. The molecule has 0 aromatic heterocycles. The van der Waals surface area contributed by atoms with E-state index in [9.17, 15) is 9.18 Å². The maximum absolute atomic E-state index is 13.9. The second-order valence-electron chi connectivity index (χ2n) is 6.28. The summed E-state index contributed by atoms with van der Waals surface area (Å²) in [5.74, 6) is -0.312. The zero-order chi connectivity index (χ0) is 16.5. The van der Waals surface area contributed by atoms with E-state index in [4.69, 9.17) is 0 Å². The molecule has 24 heavy (non-hydrogen) atoms. The Balaban J connectivity index is 1.45. The summed E-state index contributed by atoms with van der Waals surface area (Å²) in [5, 5.41) is 0. The molecular weight excluding hydrogens is 303 g/mol. The molecule has 2 aromatic carbocycles. The largest absolute Gasteiger partial charge is 0.373 e. The molecule has 0 saturated carbocycles. The number of benzene rings is 2. The molecule has 0 N–H and O–H groups in total. The molecule has 0 atom stereocenters. The molecule has 0 amide bonds. The second kappa shape index (κ2) is 6.11. The van der Waals surface area contributed by atoms with Gasteiger partial charge >= 0.3 is 0 Å². The van der Waals surface area contributed by atoms with E-state index < -0.39 is 0 Å². The minimum atomic E-state index is -0.279. The minimum Gasteiger partial charge on any atom is -0.373 e. The fourth-order valence-electron chi connectivity index (χ4n) is 3.47. The Labute approximate surface area is 141 Å². The number of Topliss-reactive ketones (excluding diaryl/α,β-unsaturated/α-hetero) is 1. The molecule has 1 fully saturated rings. The highest BCUT2D eigenvalue weighted by molar-refractivity contribution is 6.13. The van der Waals surface area contributed by atoms with Gasteiger partial charge in [0.15, 0.2) is 5.78 Å². The first-order valence-corrected chi connectivity index (χ1v) is 8.29. The summed E-state index contributed by atoms with van der Waals surface area (Å²) < 4.78 is 13.9. The van der Waals surface area contributed by atoms with Crippen LogP contribution in [0.3, 0.4) is 0 Å². The van der Waals surface area contributed by atoms with E-state index in [0.717, 1.165) is 26.2 Å². The van der Waals surface area contributed by atoms with Crippen LogP contribution in [0.1, 0.15) is 15.9 Å². The van der Waals surface area contributed by atoms with Crippen molar-refractivity contribution in [2.75, 3.05) is 31.1 Å². The van der Waals surface area contributed by atoms with E-state index >= 15 is 0 Å². The number of hydrogen-bond acceptors (Lipinski definition) is 3. The molecule has 1 saturated heterocycles. The molecule has 3 nitrogen and oxygen atoms in total. The highest BCUT2D eigenvalue weighted by Gasteiger charge is 2.28. The standard InChI is InChI=1S/C20H19FN2O/c21-19-8-4-7-17-18(19)13-15(20(17)24)14-22-9-11-23(12-10-22)16-5-2-1-3-6-16/h1-8,14H,9-13H2. The number of fused-ring (bicyclic) bond motifs is 1. The summed E-state index contributed by atoms with van der Waals surface area (Å²) in [4.78, 5) is 17.0. The van der Waals surface area contributed by atoms with Crippen molar-refractivity contribution >= 4 is 11.5 Å². The molecule has 0 radical (unpaired) electrons. The van der Waals surface area contributed by atoms with Crippen LogP contribution in [0.5, 0.6) is 0 Å². The molecule has 1 aliphatic heterocycles. The van der Waals surface area contributed by atoms with E-state index in [1.807, 2.05) is 24.4 Å². The van der Waals surface area contributed by atoms with Crippen LogP contribution in [0.2, 0.25) is 0 Å². The first-order valence-electron chi connectivity index (χ1n) is 8.29. The van der Waals surface area contributed by atoms with Gasteiger partial charge in [-0.15, -0.1) is 0 Å². The number of allylic oxidation sites excluding steroid dienone is 1. The SMILES string of the molecule is O=C1C(=CN2CCN(c3ccccc3)CC2)Cc2c(F)cccc21. The third kappa shape index (κ3) is 2.68. The molecule has 1 aliphatic carbocycles. The monoisotopic (exact) mass is 322 g/mol. The van der Waals surface area contributed by atoms with Gasteiger partial charge in [0.25, 0.3) is 0 Å². The average Bonchev–Trinajstić information content (AvgIpc) is 2.94. The lowest BCUT2D eigenvalue weighted by Crippen LogP contribution is -2.44. The number of ketones is 1. The Morgan fingerprint density at radius 1 is 0.917 bits per heavy atom. The van der Waals surface area contributed by atoms with Crippen LogP contribution in [-0.4, -0.2) is 36.9 Å². The predicted octanol–water partition coefficient (Wildman–Crippen LogP) is 3.27. The summed E-state index contributed by atoms with van der Waals surface area (Å²) in [6.07, 6.45) is 2.34. The summed E-state index contributed by atoms with van der Waals surface area (Å²) >= 11 is 0. The third-order valence-corrected chi connectivity index (χ3v) is 4.80. The molecule has 0 unspecified atom stereocenters. The molecule has 1 heterocycles. The van der Waals surface area contributed by atoms with Gasteiger partial charge in [0.1, 0.15) is 5.82 Å². The van der Waals surface area contributed by atoms with Crippen molar-refractivity contribution in [2.24, 2.45) is 0 Å². The van der Waals surface area contributed by atoms with Crippen molar-refractivity contribution < 1.29 is 9.18 Å². The smallest absolute Gasteiger partial charge is 0.191 e. The fourth-order valence-corrected chi connectivity index (χ4v) is 3.47. The lowest BCUT2D eigenvalue weighted by atomic mass is 10.1. The summed E-state index contributed by atoms with van der Waals surface area (Å²) in [6.45, 7) is 3.57. The Bertz CT molecular complexity index is 793. The first kappa shape index (κ1) is 14.9. The zero-order valence-corrected chi connectivity index (χ0v) is 13.4. The van der Waals surface area contributed by atoms with E-state index in [1.165, 1.54) is 11.8 Å². The van der Waals surface area contributed by atoms with Gasteiger partial charge in [0.05, 0.1) is 0 Å². The first-order chi connectivity index (χ1) is 11.7. The van der Waals surface area contributed by atoms with E-state index in [-0.39, 0.29) is 11.6 Å². The second-order valence-corrected chi connectivity index (χ2v) is 6.28. The Kier molecular flexibility index (Phi) is 3.81. The van der Waals surface area contributed by atoms with Crippen LogP contribution >= 0.6 is 0 Å². The molecule has 2 aliphatic rings. The number of rotatable bonds is 2. The maximum atomic E-state index is 13.9. The molecule has 0 bridgehead atoms. The van der Waals surface area contributed by atoms with Crippen molar-refractivity contribution in [3.8, 4) is 0 Å². The van der Waals surface area contributed by atoms with Crippen LogP contribution in [0, 0.1) is 5.82 Å². The summed E-state index contributed by atoms with van der Waals surface area (Å²) in [7, 11) is 0. The van der Waals surface area contributed by atoms with Crippen LogP contribution < -0.4 is 4.90 Å². The highest BCUT2D eigenvalue weighted by Crippen LogP contribution is 2.29. The fraction of sp³-hybridized carbons (Fsp3) is 0.250. The average molecular weight is 322 g/mol. The van der Waals surface area contributed by atoms with E-state index in [1.54, 1.807) is 12.1 Å². The van der Waals surface area contributed by atoms with Crippen LogP contribution in [-0.2, 0) is 6.42 Å². The van der Waals surface area contributed by atoms with Crippen molar-refractivity contribution in [1.29, 1.82) is 0 Å². The van der Waals surface area contributed by atoms with Gasteiger partial charge in [0.2, 0.25) is 0 Å². The lowest BCUT2D eigenvalue weighted by molar-refractivity contribution is 0.103. The number of hydrogen-bond donors (Lipinski definition) is 0. The van der Waals surface area contributed by atoms with Gasteiger partial charge in [-0.1, -0.05) is 30.3 Å². The number of carbonyl (C=O) groups is 1. The summed E-state index contributed by atoms with van der Waals surface area (Å²) in [6, 6.07) is 15.1. The normalized spacial score (nSPS) is 19.0. The number of para-hydroxylation sites is 1. The van der Waals surface area contributed by atoms with Crippen LogP contribution in [0.4, 0.5) is 10.1 Å². The highest BCUT2D eigenvalue weighted by atomic mass is 19.1. The van der Waals surface area contributed by atoms with Gasteiger partial charge < -0.3 is 9.80 Å².